The molecule has 3 rings (SSSR count). The second-order valence-corrected chi connectivity index (χ2v) is 8.87. The lowest BCUT2D eigenvalue weighted by molar-refractivity contribution is 0.295. The highest BCUT2D eigenvalue weighted by atomic mass is 35.5. The van der Waals surface area contributed by atoms with Crippen molar-refractivity contribution in [3.8, 4) is 5.75 Å². The Balaban J connectivity index is 0.00000306. The van der Waals surface area contributed by atoms with E-state index in [0.717, 1.165) is 60.5 Å². The first kappa shape index (κ1) is 31.3. The summed E-state index contributed by atoms with van der Waals surface area (Å²) in [5.74, 6) is 2.19. The van der Waals surface area contributed by atoms with Crippen LogP contribution >= 0.6 is 48.0 Å². The lowest BCUT2D eigenvalue weighted by Gasteiger charge is -2.20. The Kier molecular flexibility index (Phi) is 13.7. The van der Waals surface area contributed by atoms with Crippen LogP contribution in [0.4, 0.5) is 5.82 Å². The van der Waals surface area contributed by atoms with Gasteiger partial charge in [0.1, 0.15) is 11.6 Å². The third-order valence-corrected chi connectivity index (χ3v) is 6.25. The van der Waals surface area contributed by atoms with E-state index in [1.54, 1.807) is 13.2 Å². The van der Waals surface area contributed by atoms with Crippen molar-refractivity contribution < 1.29 is 4.74 Å². The van der Waals surface area contributed by atoms with Crippen molar-refractivity contribution in [2.45, 2.75) is 39.7 Å². The van der Waals surface area contributed by atoms with Gasteiger partial charge in [-0.05, 0) is 87.4 Å². The molecule has 1 heterocycles. The molecule has 0 aliphatic heterocycles. The number of aromatic nitrogens is 2. The van der Waals surface area contributed by atoms with E-state index in [4.69, 9.17) is 37.9 Å². The molecule has 9 heteroatoms. The molecule has 0 radical (unpaired) electrons. The zero-order valence-electron chi connectivity index (χ0n) is 20.6. The standard InChI is InChI=1S/C26H32Cl2N4O.2ClH/c1-5-32(6-2)15-7-8-18(3)29-26-22-17-21(33-4)12-13-24(22)30-25(31-26)14-10-19-9-11-20(27)16-23(19)28;;/h9-14,16-18H,5-8,15H2,1-4H3,(H,29,30,31);2*1H. The number of methoxy groups -OCH3 is 1. The van der Waals surface area contributed by atoms with Crippen LogP contribution < -0.4 is 10.1 Å². The molecule has 0 amide bonds. The lowest BCUT2D eigenvalue weighted by atomic mass is 10.1. The van der Waals surface area contributed by atoms with Crippen LogP contribution in [-0.2, 0) is 0 Å². The second-order valence-electron chi connectivity index (χ2n) is 8.03. The number of benzene rings is 2. The maximum atomic E-state index is 6.31. The van der Waals surface area contributed by atoms with Crippen LogP contribution in [-0.4, -0.2) is 47.7 Å². The molecule has 1 unspecified atom stereocenters. The Labute approximate surface area is 231 Å². The number of hydrogen-bond acceptors (Lipinski definition) is 5. The maximum Gasteiger partial charge on any atom is 0.154 e. The van der Waals surface area contributed by atoms with Gasteiger partial charge < -0.3 is 15.0 Å². The highest BCUT2D eigenvalue weighted by Crippen LogP contribution is 2.27. The smallest absolute Gasteiger partial charge is 0.154 e. The van der Waals surface area contributed by atoms with Gasteiger partial charge in [-0.1, -0.05) is 43.1 Å². The molecule has 3 aromatic rings. The molecule has 0 aliphatic rings. The lowest BCUT2D eigenvalue weighted by Crippen LogP contribution is -2.25. The fourth-order valence-electron chi connectivity index (χ4n) is 3.70. The van der Waals surface area contributed by atoms with Crippen LogP contribution in [0.2, 0.25) is 10.0 Å². The summed E-state index contributed by atoms with van der Waals surface area (Å²) >= 11 is 12.3. The third-order valence-electron chi connectivity index (χ3n) is 5.68. The average Bonchev–Trinajstić information content (AvgIpc) is 2.81. The van der Waals surface area contributed by atoms with E-state index in [0.29, 0.717) is 15.9 Å². The minimum atomic E-state index is 0. The summed E-state index contributed by atoms with van der Waals surface area (Å²) < 4.78 is 5.43. The second kappa shape index (κ2) is 15.4. The van der Waals surface area contributed by atoms with Gasteiger partial charge in [-0.15, -0.1) is 24.8 Å². The Bertz CT molecular complexity index is 1110. The van der Waals surface area contributed by atoms with Crippen LogP contribution in [0, 0.1) is 0 Å². The summed E-state index contributed by atoms with van der Waals surface area (Å²) in [7, 11) is 1.66. The highest BCUT2D eigenvalue weighted by Gasteiger charge is 2.12. The molecule has 0 spiro atoms. The first-order chi connectivity index (χ1) is 15.9. The molecule has 35 heavy (non-hydrogen) atoms. The number of fused-ring (bicyclic) bond motifs is 1. The molecule has 0 saturated carbocycles. The summed E-state index contributed by atoms with van der Waals surface area (Å²) in [5, 5.41) is 5.73. The van der Waals surface area contributed by atoms with Gasteiger partial charge in [0.25, 0.3) is 0 Å². The summed E-state index contributed by atoms with van der Waals surface area (Å²) in [6, 6.07) is 11.5. The molecule has 1 aromatic heterocycles. The quantitative estimate of drug-likeness (QED) is 0.259. The van der Waals surface area contributed by atoms with Crippen molar-refractivity contribution in [3.63, 3.8) is 0 Å². The molecule has 0 fully saturated rings. The molecule has 5 nitrogen and oxygen atoms in total. The summed E-state index contributed by atoms with van der Waals surface area (Å²) in [6.45, 7) is 9.88. The SMILES string of the molecule is CCN(CC)CCCC(C)Nc1nc(C=Cc2ccc(Cl)cc2Cl)nc2ccc(OC)cc12.Cl.Cl. The Hall–Kier alpha value is -1.76. The average molecular weight is 560 g/mol. The molecule has 1 atom stereocenters. The number of nitrogens with one attached hydrogen (secondary N) is 1. The van der Waals surface area contributed by atoms with E-state index in [2.05, 4.69) is 31.0 Å². The molecule has 2 aromatic carbocycles. The van der Waals surface area contributed by atoms with Gasteiger partial charge in [-0.3, -0.25) is 0 Å². The van der Waals surface area contributed by atoms with E-state index < -0.39 is 0 Å². The monoisotopic (exact) mass is 558 g/mol. The topological polar surface area (TPSA) is 50.3 Å². The number of hydrogen-bond donors (Lipinski definition) is 1. The molecule has 1 N–H and O–H groups in total. The van der Waals surface area contributed by atoms with Crippen molar-refractivity contribution in [2.75, 3.05) is 32.1 Å². The number of nitrogens with zero attached hydrogens (tertiary/aromatic N) is 3. The van der Waals surface area contributed by atoms with Crippen molar-refractivity contribution in [3.05, 3.63) is 57.8 Å². The van der Waals surface area contributed by atoms with E-state index in [9.17, 15) is 0 Å². The number of anilines is 1. The van der Waals surface area contributed by atoms with Gasteiger partial charge in [0.15, 0.2) is 5.82 Å². The molecule has 0 saturated heterocycles. The zero-order chi connectivity index (χ0) is 23.8. The van der Waals surface area contributed by atoms with Gasteiger partial charge in [0, 0.05) is 21.5 Å². The van der Waals surface area contributed by atoms with Crippen LogP contribution in [0.25, 0.3) is 23.1 Å². The van der Waals surface area contributed by atoms with Crippen LogP contribution in [0.5, 0.6) is 5.75 Å². The summed E-state index contributed by atoms with van der Waals surface area (Å²) in [6.07, 6.45) is 5.96. The Morgan fingerprint density at radius 2 is 1.77 bits per heavy atom. The van der Waals surface area contributed by atoms with Crippen molar-refractivity contribution in [2.24, 2.45) is 0 Å². The van der Waals surface area contributed by atoms with E-state index in [1.807, 2.05) is 42.5 Å². The van der Waals surface area contributed by atoms with Gasteiger partial charge >= 0.3 is 0 Å². The normalized spacial score (nSPS) is 11.9. The van der Waals surface area contributed by atoms with Crippen LogP contribution in [0.15, 0.2) is 36.4 Å². The molecule has 0 bridgehead atoms. The number of halogens is 4. The fourth-order valence-corrected chi connectivity index (χ4v) is 4.18. The highest BCUT2D eigenvalue weighted by molar-refractivity contribution is 6.35. The van der Waals surface area contributed by atoms with Crippen LogP contribution in [0.3, 0.4) is 0 Å². The Morgan fingerprint density at radius 1 is 1.03 bits per heavy atom. The minimum absolute atomic E-state index is 0. The van der Waals surface area contributed by atoms with Gasteiger partial charge in [-0.2, -0.15) is 0 Å². The predicted octanol–water partition coefficient (Wildman–Crippen LogP) is 7.88. The summed E-state index contributed by atoms with van der Waals surface area (Å²) in [4.78, 5) is 12.0. The summed E-state index contributed by atoms with van der Waals surface area (Å²) in [5.41, 5.74) is 1.71. The maximum absolute atomic E-state index is 6.31. The first-order valence-corrected chi connectivity index (χ1v) is 12.2. The van der Waals surface area contributed by atoms with Gasteiger partial charge in [0.2, 0.25) is 0 Å². The molecule has 0 aliphatic carbocycles. The van der Waals surface area contributed by atoms with Crippen molar-refractivity contribution in [1.29, 1.82) is 0 Å². The van der Waals surface area contributed by atoms with E-state index in [1.165, 1.54) is 0 Å². The zero-order valence-corrected chi connectivity index (χ0v) is 23.7. The minimum Gasteiger partial charge on any atom is -0.497 e. The van der Waals surface area contributed by atoms with E-state index >= 15 is 0 Å². The van der Waals surface area contributed by atoms with Gasteiger partial charge in [0.05, 0.1) is 12.6 Å². The van der Waals surface area contributed by atoms with Crippen molar-refractivity contribution >= 4 is 76.9 Å². The third kappa shape index (κ3) is 9.00. The van der Waals surface area contributed by atoms with Crippen molar-refractivity contribution in [1.82, 2.24) is 14.9 Å². The number of rotatable bonds is 11. The Morgan fingerprint density at radius 3 is 2.43 bits per heavy atom. The predicted molar refractivity (Wildman–Crippen MR) is 156 cm³/mol. The molecular formula is C26H34Cl4N4O. The van der Waals surface area contributed by atoms with Crippen LogP contribution in [0.1, 0.15) is 45.0 Å². The molecular weight excluding hydrogens is 526 g/mol. The fraction of sp³-hybridized carbons (Fsp3) is 0.385. The first-order valence-electron chi connectivity index (χ1n) is 11.4. The van der Waals surface area contributed by atoms with E-state index in [-0.39, 0.29) is 30.9 Å². The van der Waals surface area contributed by atoms with Gasteiger partial charge in [-0.25, -0.2) is 9.97 Å². The largest absolute Gasteiger partial charge is 0.497 e. The molecule has 192 valence electrons. The number of ether oxygens (including phenoxy) is 1.